The van der Waals surface area contributed by atoms with Crippen molar-refractivity contribution >= 4 is 17.0 Å². The molecule has 1 unspecified atom stereocenters. The van der Waals surface area contributed by atoms with Gasteiger partial charge >= 0.3 is 0 Å². The largest absolute Gasteiger partial charge is 0.377 e. The average Bonchev–Trinajstić information content (AvgIpc) is 2.86. The highest BCUT2D eigenvalue weighted by atomic mass is 32.1. The lowest BCUT2D eigenvalue weighted by Gasteiger charge is -2.09. The molecule has 1 aromatic heterocycles. The molecule has 1 aliphatic rings. The SMILES string of the molecule is Cc1cccc2c1NC(c1cccs1)C2. The zero-order chi connectivity index (χ0) is 10.3. The lowest BCUT2D eigenvalue weighted by molar-refractivity contribution is 0.843. The number of nitrogens with one attached hydrogen (secondary N) is 1. The van der Waals surface area contributed by atoms with Gasteiger partial charge in [-0.05, 0) is 35.9 Å². The number of aryl methyl sites for hydroxylation is 1. The number of para-hydroxylation sites is 1. The van der Waals surface area contributed by atoms with Gasteiger partial charge in [-0.2, -0.15) is 0 Å². The van der Waals surface area contributed by atoms with Crippen molar-refractivity contribution in [2.75, 3.05) is 5.32 Å². The Bertz CT molecular complexity index is 473. The van der Waals surface area contributed by atoms with Crippen LogP contribution in [0.4, 0.5) is 5.69 Å². The molecule has 2 aromatic rings. The maximum atomic E-state index is 3.62. The van der Waals surface area contributed by atoms with Crippen molar-refractivity contribution in [2.45, 2.75) is 19.4 Å². The standard InChI is InChI=1S/C13H13NS/c1-9-4-2-5-10-8-11(14-13(9)10)12-6-3-7-15-12/h2-7,11,14H,8H2,1H3. The summed E-state index contributed by atoms with van der Waals surface area (Å²) in [5.41, 5.74) is 4.15. The van der Waals surface area contributed by atoms with Crippen LogP contribution in [0.3, 0.4) is 0 Å². The third kappa shape index (κ3) is 1.45. The van der Waals surface area contributed by atoms with Crippen LogP contribution in [0.2, 0.25) is 0 Å². The Labute approximate surface area is 93.8 Å². The molecule has 0 saturated carbocycles. The van der Waals surface area contributed by atoms with Gasteiger partial charge in [0.1, 0.15) is 0 Å². The van der Waals surface area contributed by atoms with Crippen LogP contribution in [-0.4, -0.2) is 0 Å². The first kappa shape index (κ1) is 8.98. The summed E-state index contributed by atoms with van der Waals surface area (Å²) in [6.45, 7) is 2.17. The van der Waals surface area contributed by atoms with E-state index in [-0.39, 0.29) is 0 Å². The number of hydrogen-bond acceptors (Lipinski definition) is 2. The average molecular weight is 215 g/mol. The van der Waals surface area contributed by atoms with E-state index in [9.17, 15) is 0 Å². The Morgan fingerprint density at radius 3 is 2.93 bits per heavy atom. The van der Waals surface area contributed by atoms with E-state index >= 15 is 0 Å². The summed E-state index contributed by atoms with van der Waals surface area (Å²) in [6.07, 6.45) is 1.12. The number of benzene rings is 1. The maximum Gasteiger partial charge on any atom is 0.0647 e. The van der Waals surface area contributed by atoms with Gasteiger partial charge in [-0.25, -0.2) is 0 Å². The van der Waals surface area contributed by atoms with Crippen LogP contribution in [-0.2, 0) is 6.42 Å². The molecule has 2 heterocycles. The van der Waals surface area contributed by atoms with Crippen molar-refractivity contribution in [3.8, 4) is 0 Å². The minimum absolute atomic E-state index is 0.487. The van der Waals surface area contributed by atoms with Crippen LogP contribution < -0.4 is 5.32 Å². The molecule has 15 heavy (non-hydrogen) atoms. The quantitative estimate of drug-likeness (QED) is 0.763. The summed E-state index contributed by atoms with van der Waals surface area (Å²) in [6, 6.07) is 11.4. The van der Waals surface area contributed by atoms with Crippen LogP contribution in [0.15, 0.2) is 35.7 Å². The molecule has 1 aromatic carbocycles. The van der Waals surface area contributed by atoms with E-state index in [1.807, 2.05) is 11.3 Å². The molecule has 2 heteroatoms. The van der Waals surface area contributed by atoms with E-state index in [2.05, 4.69) is 48.0 Å². The van der Waals surface area contributed by atoms with Crippen LogP contribution in [0.1, 0.15) is 22.0 Å². The molecule has 0 aliphatic carbocycles. The Morgan fingerprint density at radius 1 is 1.27 bits per heavy atom. The number of thiophene rings is 1. The normalized spacial score (nSPS) is 18.6. The minimum Gasteiger partial charge on any atom is -0.377 e. The molecule has 0 saturated heterocycles. The highest BCUT2D eigenvalue weighted by molar-refractivity contribution is 7.10. The molecular formula is C13H13NS. The number of hydrogen-bond donors (Lipinski definition) is 1. The first-order chi connectivity index (χ1) is 7.34. The van der Waals surface area contributed by atoms with Gasteiger partial charge in [-0.3, -0.25) is 0 Å². The molecule has 0 fully saturated rings. The van der Waals surface area contributed by atoms with Crippen molar-refractivity contribution in [1.82, 2.24) is 0 Å². The van der Waals surface area contributed by atoms with E-state index in [4.69, 9.17) is 0 Å². The summed E-state index contributed by atoms with van der Waals surface area (Å²) in [4.78, 5) is 1.44. The smallest absolute Gasteiger partial charge is 0.0647 e. The Hall–Kier alpha value is -1.28. The summed E-state index contributed by atoms with van der Waals surface area (Å²) >= 11 is 1.83. The molecule has 1 nitrogen and oxygen atoms in total. The fourth-order valence-electron chi connectivity index (χ4n) is 2.21. The van der Waals surface area contributed by atoms with E-state index in [0.29, 0.717) is 6.04 Å². The predicted molar refractivity (Wildman–Crippen MR) is 65.6 cm³/mol. The van der Waals surface area contributed by atoms with E-state index in [0.717, 1.165) is 6.42 Å². The van der Waals surface area contributed by atoms with Gasteiger partial charge in [-0.15, -0.1) is 11.3 Å². The van der Waals surface area contributed by atoms with Gasteiger partial charge < -0.3 is 5.32 Å². The summed E-state index contributed by atoms with van der Waals surface area (Å²) < 4.78 is 0. The summed E-state index contributed by atoms with van der Waals surface area (Å²) in [5.74, 6) is 0. The van der Waals surface area contributed by atoms with Crippen molar-refractivity contribution < 1.29 is 0 Å². The van der Waals surface area contributed by atoms with Crippen molar-refractivity contribution in [1.29, 1.82) is 0 Å². The number of fused-ring (bicyclic) bond motifs is 1. The fraction of sp³-hybridized carbons (Fsp3) is 0.231. The first-order valence-corrected chi connectivity index (χ1v) is 6.11. The molecule has 0 bridgehead atoms. The molecule has 1 N–H and O–H groups in total. The second-order valence-electron chi connectivity index (χ2n) is 4.03. The van der Waals surface area contributed by atoms with E-state index < -0.39 is 0 Å². The highest BCUT2D eigenvalue weighted by Gasteiger charge is 2.23. The Balaban J connectivity index is 1.96. The Morgan fingerprint density at radius 2 is 2.20 bits per heavy atom. The molecule has 0 amide bonds. The van der Waals surface area contributed by atoms with Crippen LogP contribution in [0.5, 0.6) is 0 Å². The van der Waals surface area contributed by atoms with Gasteiger partial charge in [0.2, 0.25) is 0 Å². The van der Waals surface area contributed by atoms with Crippen molar-refractivity contribution in [3.63, 3.8) is 0 Å². The second kappa shape index (κ2) is 3.38. The number of rotatable bonds is 1. The van der Waals surface area contributed by atoms with Crippen LogP contribution in [0.25, 0.3) is 0 Å². The van der Waals surface area contributed by atoms with Gasteiger partial charge in [-0.1, -0.05) is 24.3 Å². The van der Waals surface area contributed by atoms with Crippen molar-refractivity contribution in [3.05, 3.63) is 51.7 Å². The number of anilines is 1. The zero-order valence-electron chi connectivity index (χ0n) is 8.66. The molecule has 0 spiro atoms. The highest BCUT2D eigenvalue weighted by Crippen LogP contribution is 2.37. The van der Waals surface area contributed by atoms with Gasteiger partial charge in [0.05, 0.1) is 6.04 Å². The lowest BCUT2D eigenvalue weighted by Crippen LogP contribution is -2.03. The van der Waals surface area contributed by atoms with E-state index in [1.165, 1.54) is 21.7 Å². The van der Waals surface area contributed by atoms with E-state index in [1.54, 1.807) is 0 Å². The third-order valence-electron chi connectivity index (χ3n) is 2.99. The van der Waals surface area contributed by atoms with Gasteiger partial charge in [0.25, 0.3) is 0 Å². The van der Waals surface area contributed by atoms with Gasteiger partial charge in [0, 0.05) is 10.6 Å². The second-order valence-corrected chi connectivity index (χ2v) is 5.00. The molecule has 76 valence electrons. The monoisotopic (exact) mass is 215 g/mol. The molecule has 1 aliphatic heterocycles. The molecular weight excluding hydrogens is 202 g/mol. The maximum absolute atomic E-state index is 3.62. The lowest BCUT2D eigenvalue weighted by atomic mass is 10.1. The van der Waals surface area contributed by atoms with Crippen molar-refractivity contribution in [2.24, 2.45) is 0 Å². The fourth-order valence-corrected chi connectivity index (χ4v) is 2.99. The topological polar surface area (TPSA) is 12.0 Å². The van der Waals surface area contributed by atoms with Crippen LogP contribution >= 0.6 is 11.3 Å². The predicted octanol–water partition coefficient (Wildman–Crippen LogP) is 3.77. The molecule has 3 rings (SSSR count). The third-order valence-corrected chi connectivity index (χ3v) is 3.97. The van der Waals surface area contributed by atoms with Crippen LogP contribution in [0, 0.1) is 6.92 Å². The molecule has 0 radical (unpaired) electrons. The Kier molecular flexibility index (Phi) is 2.03. The zero-order valence-corrected chi connectivity index (χ0v) is 9.47. The first-order valence-electron chi connectivity index (χ1n) is 5.23. The molecule has 1 atom stereocenters. The summed E-state index contributed by atoms with van der Waals surface area (Å²) in [7, 11) is 0. The minimum atomic E-state index is 0.487. The summed E-state index contributed by atoms with van der Waals surface area (Å²) in [5, 5.41) is 5.76. The van der Waals surface area contributed by atoms with Gasteiger partial charge in [0.15, 0.2) is 0 Å².